The molecule has 0 atom stereocenters. The Morgan fingerprint density at radius 1 is 0.939 bits per heavy atom. The Morgan fingerprint density at radius 3 is 2.36 bits per heavy atom. The van der Waals surface area contributed by atoms with Crippen LogP contribution < -0.4 is 15.1 Å². The first kappa shape index (κ1) is 22.6. The van der Waals surface area contributed by atoms with Gasteiger partial charge in [-0.1, -0.05) is 24.3 Å². The van der Waals surface area contributed by atoms with E-state index in [0.29, 0.717) is 17.7 Å². The summed E-state index contributed by atoms with van der Waals surface area (Å²) in [5.74, 6) is 0.711. The van der Waals surface area contributed by atoms with Gasteiger partial charge in [-0.15, -0.1) is 0 Å². The fraction of sp³-hybridized carbons (Fsp3) is 0.308. The normalized spacial score (nSPS) is 14.2. The third-order valence-electron chi connectivity index (χ3n) is 6.14. The summed E-state index contributed by atoms with van der Waals surface area (Å²) < 4.78 is 7.03. The van der Waals surface area contributed by atoms with Crippen molar-refractivity contribution in [2.75, 3.05) is 50.2 Å². The minimum absolute atomic E-state index is 0.0677. The molecule has 172 valence electrons. The molecule has 1 aliphatic heterocycles. The third-order valence-corrected chi connectivity index (χ3v) is 6.14. The highest BCUT2D eigenvalue weighted by molar-refractivity contribution is 6.01. The first-order valence-electron chi connectivity index (χ1n) is 11.2. The number of methoxy groups -OCH3 is 1. The van der Waals surface area contributed by atoms with E-state index in [4.69, 9.17) is 4.74 Å². The summed E-state index contributed by atoms with van der Waals surface area (Å²) in [6.45, 7) is 7.45. The molecular formula is C26H30N4O3. The summed E-state index contributed by atoms with van der Waals surface area (Å²) in [5.41, 5.74) is 6.83. The van der Waals surface area contributed by atoms with E-state index in [0.717, 1.165) is 49.0 Å². The van der Waals surface area contributed by atoms with Crippen LogP contribution in [0.5, 0.6) is 5.75 Å². The van der Waals surface area contributed by atoms with Gasteiger partial charge in [-0.25, -0.2) is 0 Å². The van der Waals surface area contributed by atoms with Gasteiger partial charge in [0.15, 0.2) is 5.78 Å². The summed E-state index contributed by atoms with van der Waals surface area (Å²) >= 11 is 0. The lowest BCUT2D eigenvalue weighted by molar-refractivity contribution is 0.0924. The quantitative estimate of drug-likeness (QED) is 0.563. The molecule has 2 heterocycles. The lowest BCUT2D eigenvalue weighted by Gasteiger charge is -2.35. The number of rotatable bonds is 7. The maximum atomic E-state index is 13.1. The molecule has 7 nitrogen and oxygen atoms in total. The number of ketones is 1. The number of hydrogen-bond donors (Lipinski definition) is 1. The molecule has 0 bridgehead atoms. The van der Waals surface area contributed by atoms with Crippen LogP contribution >= 0.6 is 0 Å². The summed E-state index contributed by atoms with van der Waals surface area (Å²) in [5, 5.41) is 0. The maximum absolute atomic E-state index is 13.1. The van der Waals surface area contributed by atoms with Crippen LogP contribution in [0.25, 0.3) is 0 Å². The van der Waals surface area contributed by atoms with Crippen molar-refractivity contribution in [3.8, 4) is 5.75 Å². The van der Waals surface area contributed by atoms with Gasteiger partial charge in [0.25, 0.3) is 5.91 Å². The minimum Gasteiger partial charge on any atom is -0.497 e. The zero-order valence-corrected chi connectivity index (χ0v) is 19.4. The summed E-state index contributed by atoms with van der Waals surface area (Å²) in [6.07, 6.45) is 0. The molecule has 33 heavy (non-hydrogen) atoms. The van der Waals surface area contributed by atoms with Crippen LogP contribution in [-0.2, 0) is 0 Å². The average molecular weight is 447 g/mol. The van der Waals surface area contributed by atoms with Crippen molar-refractivity contribution in [1.82, 2.24) is 9.58 Å². The second-order valence-electron chi connectivity index (χ2n) is 8.32. The number of ether oxygens (including phenoxy) is 1. The van der Waals surface area contributed by atoms with Crippen LogP contribution in [0, 0.1) is 13.8 Å². The van der Waals surface area contributed by atoms with Crippen molar-refractivity contribution >= 4 is 17.4 Å². The van der Waals surface area contributed by atoms with E-state index in [1.54, 1.807) is 23.9 Å². The molecule has 1 aliphatic rings. The van der Waals surface area contributed by atoms with Crippen molar-refractivity contribution < 1.29 is 14.3 Å². The number of carbonyl (C=O) groups excluding carboxylic acids is 2. The minimum atomic E-state index is -0.204. The molecular weight excluding hydrogens is 416 g/mol. The van der Waals surface area contributed by atoms with Gasteiger partial charge in [-0.3, -0.25) is 24.6 Å². The van der Waals surface area contributed by atoms with E-state index in [1.165, 1.54) is 0 Å². The highest BCUT2D eigenvalue weighted by Crippen LogP contribution is 2.22. The number of amides is 1. The predicted molar refractivity (Wildman–Crippen MR) is 130 cm³/mol. The Bertz CT molecular complexity index is 1130. The molecule has 4 rings (SSSR count). The number of anilines is 1. The van der Waals surface area contributed by atoms with E-state index in [-0.39, 0.29) is 11.7 Å². The molecule has 1 saturated heterocycles. The Hall–Kier alpha value is -3.58. The molecule has 0 unspecified atom stereocenters. The number of piperazine rings is 1. The topological polar surface area (TPSA) is 66.8 Å². The monoisotopic (exact) mass is 446 g/mol. The number of hydrogen-bond acceptors (Lipinski definition) is 5. The second kappa shape index (κ2) is 9.92. The van der Waals surface area contributed by atoms with Crippen molar-refractivity contribution in [2.45, 2.75) is 13.8 Å². The molecule has 1 amide bonds. The molecule has 0 saturated carbocycles. The number of aryl methyl sites for hydroxylation is 1. The van der Waals surface area contributed by atoms with Gasteiger partial charge in [-0.05, 0) is 44.2 Å². The molecule has 0 spiro atoms. The van der Waals surface area contributed by atoms with Gasteiger partial charge in [0, 0.05) is 60.4 Å². The standard InChI is InChI=1S/C26H30N4O3/c1-19-16-24(20(2)30(19)27-26(32)21-8-5-4-6-9-21)25(31)18-28-12-14-29(15-13-28)22-10-7-11-23(17-22)33-3/h4-11,16-17H,12-15,18H2,1-3H3,(H,27,32). The number of nitrogens with zero attached hydrogens (tertiary/aromatic N) is 3. The van der Waals surface area contributed by atoms with Crippen molar-refractivity contribution in [2.24, 2.45) is 0 Å². The number of carbonyl (C=O) groups is 2. The van der Waals surface area contributed by atoms with Crippen LogP contribution in [0.3, 0.4) is 0 Å². The van der Waals surface area contributed by atoms with Gasteiger partial charge in [-0.2, -0.15) is 0 Å². The van der Waals surface area contributed by atoms with Crippen LogP contribution in [0.15, 0.2) is 60.7 Å². The molecule has 1 N–H and O–H groups in total. The van der Waals surface area contributed by atoms with E-state index in [2.05, 4.69) is 21.3 Å². The van der Waals surface area contributed by atoms with Gasteiger partial charge < -0.3 is 9.64 Å². The molecule has 1 fully saturated rings. The Labute approximate surface area is 194 Å². The van der Waals surface area contributed by atoms with Crippen LogP contribution in [0.1, 0.15) is 32.1 Å². The zero-order chi connectivity index (χ0) is 23.4. The number of Topliss-reactive ketones (excluding diaryl/α,β-unsaturated/α-hetero) is 1. The van der Waals surface area contributed by atoms with Gasteiger partial charge in [0.1, 0.15) is 5.75 Å². The Balaban J connectivity index is 1.37. The van der Waals surface area contributed by atoms with E-state index < -0.39 is 0 Å². The summed E-state index contributed by atoms with van der Waals surface area (Å²) in [4.78, 5) is 30.2. The fourth-order valence-electron chi connectivity index (χ4n) is 4.23. The Kier molecular flexibility index (Phi) is 6.79. The maximum Gasteiger partial charge on any atom is 0.270 e. The Morgan fingerprint density at radius 2 is 1.67 bits per heavy atom. The van der Waals surface area contributed by atoms with Crippen LogP contribution in [0.4, 0.5) is 5.69 Å². The second-order valence-corrected chi connectivity index (χ2v) is 8.32. The summed E-state index contributed by atoms with van der Waals surface area (Å²) in [6, 6.07) is 19.0. The lowest BCUT2D eigenvalue weighted by Crippen LogP contribution is -2.48. The number of benzene rings is 2. The molecule has 7 heteroatoms. The number of nitrogens with one attached hydrogen (secondary N) is 1. The highest BCUT2D eigenvalue weighted by Gasteiger charge is 2.23. The van der Waals surface area contributed by atoms with Crippen molar-refractivity contribution in [1.29, 1.82) is 0 Å². The van der Waals surface area contributed by atoms with Crippen LogP contribution in [-0.4, -0.2) is 61.1 Å². The van der Waals surface area contributed by atoms with Gasteiger partial charge in [0.05, 0.1) is 13.7 Å². The first-order valence-corrected chi connectivity index (χ1v) is 11.2. The van der Waals surface area contributed by atoms with Crippen molar-refractivity contribution in [3.05, 3.63) is 83.2 Å². The van der Waals surface area contributed by atoms with Gasteiger partial charge in [0.2, 0.25) is 0 Å². The SMILES string of the molecule is COc1cccc(N2CCN(CC(=O)c3cc(C)n(NC(=O)c4ccccc4)c3C)CC2)c1. The lowest BCUT2D eigenvalue weighted by atomic mass is 10.1. The molecule has 0 aliphatic carbocycles. The number of aromatic nitrogens is 1. The fourth-order valence-corrected chi connectivity index (χ4v) is 4.23. The van der Waals surface area contributed by atoms with Crippen molar-refractivity contribution in [3.63, 3.8) is 0 Å². The zero-order valence-electron chi connectivity index (χ0n) is 19.4. The largest absolute Gasteiger partial charge is 0.497 e. The van der Waals surface area contributed by atoms with E-state index in [1.807, 2.05) is 56.3 Å². The highest BCUT2D eigenvalue weighted by atomic mass is 16.5. The van der Waals surface area contributed by atoms with E-state index >= 15 is 0 Å². The first-order chi connectivity index (χ1) is 16.0. The molecule has 1 aromatic heterocycles. The predicted octanol–water partition coefficient (Wildman–Crippen LogP) is 3.50. The van der Waals surface area contributed by atoms with E-state index in [9.17, 15) is 9.59 Å². The molecule has 2 aromatic carbocycles. The smallest absolute Gasteiger partial charge is 0.270 e. The molecule has 3 aromatic rings. The van der Waals surface area contributed by atoms with Crippen LogP contribution in [0.2, 0.25) is 0 Å². The van der Waals surface area contributed by atoms with Gasteiger partial charge >= 0.3 is 0 Å². The average Bonchev–Trinajstić information content (AvgIpc) is 3.13. The molecule has 0 radical (unpaired) electrons. The summed E-state index contributed by atoms with van der Waals surface area (Å²) in [7, 11) is 1.67. The third kappa shape index (κ3) is 5.09.